The van der Waals surface area contributed by atoms with Crippen molar-refractivity contribution < 1.29 is 9.18 Å². The average molecular weight is 453 g/mol. The number of carbonyl (C=O) groups excluding carboxylic acids is 1. The molecule has 3 nitrogen and oxygen atoms in total. The molecule has 0 saturated carbocycles. The fourth-order valence-electron chi connectivity index (χ4n) is 3.88. The summed E-state index contributed by atoms with van der Waals surface area (Å²) in [6.45, 7) is 2.62. The quantitative estimate of drug-likeness (QED) is 0.547. The maximum Gasteiger partial charge on any atom is 0.256 e. The highest BCUT2D eigenvalue weighted by Gasteiger charge is 2.29. The van der Waals surface area contributed by atoms with Gasteiger partial charge in [-0.1, -0.05) is 70.5 Å². The van der Waals surface area contributed by atoms with E-state index in [1.54, 1.807) is 23.1 Å². The minimum Gasteiger partial charge on any atom is -0.336 e. The van der Waals surface area contributed by atoms with Gasteiger partial charge in [-0.05, 0) is 35.4 Å². The Labute approximate surface area is 178 Å². The molecule has 3 aromatic carbocycles. The molecule has 0 unspecified atom stereocenters. The number of piperazine rings is 1. The van der Waals surface area contributed by atoms with Crippen molar-refractivity contribution in [1.29, 1.82) is 0 Å². The number of rotatable bonds is 4. The lowest BCUT2D eigenvalue weighted by molar-refractivity contribution is 0.0593. The Hall–Kier alpha value is -2.50. The van der Waals surface area contributed by atoms with E-state index in [-0.39, 0.29) is 17.5 Å². The minimum absolute atomic E-state index is 0.120. The highest BCUT2D eigenvalue weighted by atomic mass is 79.9. The van der Waals surface area contributed by atoms with Gasteiger partial charge in [-0.3, -0.25) is 9.69 Å². The standard InChI is InChI=1S/C24H22BrFN2O/c25-20-12-10-19(11-13-20)23(18-6-2-1-3-7-18)27-14-16-28(17-15-27)24(29)21-8-4-5-9-22(21)26/h1-13,23H,14-17H2/t23-/m0/s1. The second kappa shape index (κ2) is 8.89. The summed E-state index contributed by atoms with van der Waals surface area (Å²) < 4.78 is 15.1. The van der Waals surface area contributed by atoms with Crippen LogP contribution < -0.4 is 0 Å². The second-order valence-corrected chi connectivity index (χ2v) is 8.09. The zero-order chi connectivity index (χ0) is 20.2. The molecule has 29 heavy (non-hydrogen) atoms. The topological polar surface area (TPSA) is 23.6 Å². The first-order valence-corrected chi connectivity index (χ1v) is 10.5. The van der Waals surface area contributed by atoms with Crippen molar-refractivity contribution in [3.8, 4) is 0 Å². The highest BCUT2D eigenvalue weighted by Crippen LogP contribution is 2.30. The summed E-state index contributed by atoms with van der Waals surface area (Å²) in [5, 5.41) is 0. The van der Waals surface area contributed by atoms with Gasteiger partial charge in [0, 0.05) is 30.7 Å². The van der Waals surface area contributed by atoms with E-state index in [0.29, 0.717) is 13.1 Å². The molecule has 5 heteroatoms. The molecule has 1 fully saturated rings. The van der Waals surface area contributed by atoms with Gasteiger partial charge in [-0.2, -0.15) is 0 Å². The summed E-state index contributed by atoms with van der Waals surface area (Å²) in [6, 6.07) is 25.1. The van der Waals surface area contributed by atoms with E-state index in [0.717, 1.165) is 17.6 Å². The van der Waals surface area contributed by atoms with Crippen LogP contribution >= 0.6 is 15.9 Å². The first kappa shape index (κ1) is 19.8. The smallest absolute Gasteiger partial charge is 0.256 e. The van der Waals surface area contributed by atoms with E-state index in [9.17, 15) is 9.18 Å². The minimum atomic E-state index is -0.461. The highest BCUT2D eigenvalue weighted by molar-refractivity contribution is 9.10. The number of nitrogens with zero attached hydrogens (tertiary/aromatic N) is 2. The molecule has 1 heterocycles. The van der Waals surface area contributed by atoms with Gasteiger partial charge in [0.1, 0.15) is 5.82 Å². The van der Waals surface area contributed by atoms with Gasteiger partial charge in [-0.15, -0.1) is 0 Å². The lowest BCUT2D eigenvalue weighted by Crippen LogP contribution is -2.50. The third-order valence-corrected chi connectivity index (χ3v) is 5.90. The van der Waals surface area contributed by atoms with Crippen LogP contribution in [0.4, 0.5) is 4.39 Å². The van der Waals surface area contributed by atoms with E-state index >= 15 is 0 Å². The number of carbonyl (C=O) groups is 1. The van der Waals surface area contributed by atoms with Crippen LogP contribution in [0.25, 0.3) is 0 Å². The Morgan fingerprint density at radius 3 is 2.03 bits per heavy atom. The van der Waals surface area contributed by atoms with Crippen molar-refractivity contribution in [2.24, 2.45) is 0 Å². The van der Waals surface area contributed by atoms with Crippen LogP contribution in [-0.2, 0) is 0 Å². The number of halogens is 2. The Kier molecular flexibility index (Phi) is 6.07. The predicted molar refractivity (Wildman–Crippen MR) is 116 cm³/mol. The molecule has 1 amide bonds. The van der Waals surface area contributed by atoms with Crippen molar-refractivity contribution in [2.75, 3.05) is 26.2 Å². The van der Waals surface area contributed by atoms with Crippen molar-refractivity contribution in [3.63, 3.8) is 0 Å². The SMILES string of the molecule is O=C(c1ccccc1F)N1CCN([C@@H](c2ccccc2)c2ccc(Br)cc2)CC1. The lowest BCUT2D eigenvalue weighted by atomic mass is 9.96. The molecule has 0 spiro atoms. The normalized spacial score (nSPS) is 15.9. The van der Waals surface area contributed by atoms with Crippen LogP contribution in [0.3, 0.4) is 0 Å². The molecule has 1 aliphatic rings. The lowest BCUT2D eigenvalue weighted by Gasteiger charge is -2.39. The molecule has 3 aromatic rings. The van der Waals surface area contributed by atoms with E-state index in [4.69, 9.17) is 0 Å². The average Bonchev–Trinajstić information content (AvgIpc) is 2.76. The monoisotopic (exact) mass is 452 g/mol. The van der Waals surface area contributed by atoms with Crippen molar-refractivity contribution >= 4 is 21.8 Å². The van der Waals surface area contributed by atoms with Gasteiger partial charge in [0.05, 0.1) is 11.6 Å². The summed E-state index contributed by atoms with van der Waals surface area (Å²) in [5.41, 5.74) is 2.59. The fourth-order valence-corrected chi connectivity index (χ4v) is 4.15. The summed E-state index contributed by atoms with van der Waals surface area (Å²) in [6.07, 6.45) is 0. The molecular weight excluding hydrogens is 431 g/mol. The van der Waals surface area contributed by atoms with E-state index in [2.05, 4.69) is 69.4 Å². The molecule has 0 aromatic heterocycles. The Bertz CT molecular complexity index is 970. The third-order valence-electron chi connectivity index (χ3n) is 5.37. The molecule has 148 valence electrons. The number of hydrogen-bond donors (Lipinski definition) is 0. The van der Waals surface area contributed by atoms with Crippen LogP contribution in [0.1, 0.15) is 27.5 Å². The molecule has 0 aliphatic carbocycles. The molecule has 0 N–H and O–H groups in total. The number of amides is 1. The maximum atomic E-state index is 14.0. The Morgan fingerprint density at radius 1 is 0.793 bits per heavy atom. The zero-order valence-electron chi connectivity index (χ0n) is 16.0. The van der Waals surface area contributed by atoms with Gasteiger partial charge < -0.3 is 4.90 Å². The summed E-state index contributed by atoms with van der Waals surface area (Å²) >= 11 is 3.51. The van der Waals surface area contributed by atoms with Crippen LogP contribution in [-0.4, -0.2) is 41.9 Å². The number of hydrogen-bond acceptors (Lipinski definition) is 2. The maximum absolute atomic E-state index is 14.0. The molecule has 0 bridgehead atoms. The molecular formula is C24H22BrFN2O. The third kappa shape index (κ3) is 4.41. The van der Waals surface area contributed by atoms with E-state index < -0.39 is 5.82 Å². The van der Waals surface area contributed by atoms with Gasteiger partial charge in [0.2, 0.25) is 0 Å². The van der Waals surface area contributed by atoms with E-state index in [1.165, 1.54) is 17.2 Å². The summed E-state index contributed by atoms with van der Waals surface area (Å²) in [5.74, 6) is -0.695. The fraction of sp³-hybridized carbons (Fsp3) is 0.208. The summed E-state index contributed by atoms with van der Waals surface area (Å²) in [4.78, 5) is 16.9. The summed E-state index contributed by atoms with van der Waals surface area (Å²) in [7, 11) is 0. The molecule has 4 rings (SSSR count). The van der Waals surface area contributed by atoms with Crippen molar-refractivity contribution in [1.82, 2.24) is 9.80 Å². The zero-order valence-corrected chi connectivity index (χ0v) is 17.6. The first-order chi connectivity index (χ1) is 14.1. The Balaban J connectivity index is 1.53. The van der Waals surface area contributed by atoms with Crippen LogP contribution in [0.2, 0.25) is 0 Å². The molecule has 0 radical (unpaired) electrons. The second-order valence-electron chi connectivity index (χ2n) is 7.17. The van der Waals surface area contributed by atoms with E-state index in [1.807, 2.05) is 6.07 Å². The van der Waals surface area contributed by atoms with Crippen LogP contribution in [0, 0.1) is 5.82 Å². The van der Waals surface area contributed by atoms with Crippen LogP contribution in [0.15, 0.2) is 83.3 Å². The molecule has 1 saturated heterocycles. The van der Waals surface area contributed by atoms with Gasteiger partial charge in [0.15, 0.2) is 0 Å². The molecule has 1 atom stereocenters. The van der Waals surface area contributed by atoms with Gasteiger partial charge in [0.25, 0.3) is 5.91 Å². The largest absolute Gasteiger partial charge is 0.336 e. The Morgan fingerprint density at radius 2 is 1.38 bits per heavy atom. The van der Waals surface area contributed by atoms with Crippen LogP contribution in [0.5, 0.6) is 0 Å². The number of benzene rings is 3. The predicted octanol–water partition coefficient (Wildman–Crippen LogP) is 5.14. The van der Waals surface area contributed by atoms with Crippen molar-refractivity contribution in [2.45, 2.75) is 6.04 Å². The van der Waals surface area contributed by atoms with Gasteiger partial charge in [-0.25, -0.2) is 4.39 Å². The first-order valence-electron chi connectivity index (χ1n) is 9.72. The van der Waals surface area contributed by atoms with Gasteiger partial charge >= 0.3 is 0 Å². The van der Waals surface area contributed by atoms with Crippen molar-refractivity contribution in [3.05, 3.63) is 106 Å². The molecule has 1 aliphatic heterocycles.